The zero-order chi connectivity index (χ0) is 20.7. The van der Waals surface area contributed by atoms with Crippen LogP contribution in [0.4, 0.5) is 0 Å². The van der Waals surface area contributed by atoms with E-state index in [0.717, 1.165) is 47.9 Å². The molecular weight excluding hydrogens is 340 g/mol. The van der Waals surface area contributed by atoms with Crippen LogP contribution in [-0.2, 0) is 26.2 Å². The molecule has 0 fully saturated rings. The Hall–Kier alpha value is -1.10. The van der Waals surface area contributed by atoms with Gasteiger partial charge in [-0.1, -0.05) is 12.1 Å². The van der Waals surface area contributed by atoms with Gasteiger partial charge in [0.25, 0.3) is 0 Å². The summed E-state index contributed by atoms with van der Waals surface area (Å²) in [5.41, 5.74) is 49.2. The topological polar surface area (TPSA) is 208 Å². The molecule has 0 saturated carbocycles. The van der Waals surface area contributed by atoms with Gasteiger partial charge in [0.05, 0.1) is 0 Å². The summed E-state index contributed by atoms with van der Waals surface area (Å²) >= 11 is 0. The van der Waals surface area contributed by atoms with E-state index in [4.69, 9.17) is 45.9 Å². The highest BCUT2D eigenvalue weighted by molar-refractivity contribution is 5.38. The van der Waals surface area contributed by atoms with E-state index >= 15 is 0 Å². The largest absolute Gasteiger partial charge is 0.330 e. The van der Waals surface area contributed by atoms with Crippen LogP contribution in [0, 0.1) is 5.41 Å². The van der Waals surface area contributed by atoms with E-state index in [-0.39, 0.29) is 5.41 Å². The number of hydrogen-bond donors (Lipinski definition) is 8. The maximum Gasteiger partial charge on any atom is 0.0181 e. The first-order valence-electron chi connectivity index (χ1n) is 9.75. The van der Waals surface area contributed by atoms with Gasteiger partial charge in [0, 0.05) is 26.2 Å². The molecule has 0 heterocycles. The Kier molecular flexibility index (Phi) is 14.3. The van der Waals surface area contributed by atoms with Gasteiger partial charge >= 0.3 is 0 Å². The van der Waals surface area contributed by atoms with E-state index in [0.29, 0.717) is 52.4 Å². The molecule has 8 heteroatoms. The van der Waals surface area contributed by atoms with Gasteiger partial charge in [-0.2, -0.15) is 0 Å². The van der Waals surface area contributed by atoms with E-state index in [1.165, 1.54) is 0 Å². The van der Waals surface area contributed by atoms with Crippen LogP contribution in [-0.4, -0.2) is 26.2 Å². The van der Waals surface area contributed by atoms with Crippen molar-refractivity contribution in [2.24, 2.45) is 51.3 Å². The second-order valence-corrected chi connectivity index (χ2v) is 6.86. The normalized spacial score (nSPS) is 11.3. The van der Waals surface area contributed by atoms with Gasteiger partial charge < -0.3 is 45.9 Å². The predicted octanol–water partition coefficient (Wildman–Crippen LogP) is -1.11. The average molecular weight is 383 g/mol. The summed E-state index contributed by atoms with van der Waals surface area (Å²) in [7, 11) is 0. The molecule has 0 radical (unpaired) electrons. The molecule has 27 heavy (non-hydrogen) atoms. The second kappa shape index (κ2) is 14.9. The van der Waals surface area contributed by atoms with Gasteiger partial charge in [-0.3, -0.25) is 0 Å². The Bertz CT molecular complexity index is 419. The molecule has 0 aliphatic carbocycles. The van der Waals surface area contributed by atoms with Crippen LogP contribution in [0.15, 0.2) is 12.1 Å². The molecule has 0 spiro atoms. The van der Waals surface area contributed by atoms with E-state index in [9.17, 15) is 0 Å². The van der Waals surface area contributed by atoms with Gasteiger partial charge in [0.2, 0.25) is 0 Å². The third kappa shape index (κ3) is 8.63. The molecule has 0 amide bonds. The summed E-state index contributed by atoms with van der Waals surface area (Å²) in [5.74, 6) is 0. The second-order valence-electron chi connectivity index (χ2n) is 6.86. The first-order chi connectivity index (χ1) is 13.0. The predicted molar refractivity (Wildman–Crippen MR) is 115 cm³/mol. The molecule has 0 bridgehead atoms. The van der Waals surface area contributed by atoms with Crippen molar-refractivity contribution in [2.75, 3.05) is 26.2 Å². The van der Waals surface area contributed by atoms with E-state index in [2.05, 4.69) is 0 Å². The summed E-state index contributed by atoms with van der Waals surface area (Å²) in [6.45, 7) is 4.74. The molecule has 8 nitrogen and oxygen atoms in total. The van der Waals surface area contributed by atoms with Gasteiger partial charge in [-0.05, 0) is 79.5 Å². The Labute approximate surface area is 164 Å². The quantitative estimate of drug-likeness (QED) is 0.221. The lowest BCUT2D eigenvalue weighted by atomic mass is 9.75. The fourth-order valence-electron chi connectivity index (χ4n) is 3.53. The van der Waals surface area contributed by atoms with Gasteiger partial charge in [-0.15, -0.1) is 0 Å². The van der Waals surface area contributed by atoms with Crippen molar-refractivity contribution < 1.29 is 0 Å². The molecule has 0 aromatic heterocycles. The molecule has 1 rings (SSSR count). The van der Waals surface area contributed by atoms with Crippen LogP contribution in [0.1, 0.15) is 47.9 Å². The van der Waals surface area contributed by atoms with Crippen LogP contribution >= 0.6 is 0 Å². The minimum atomic E-state index is 0.201. The molecule has 158 valence electrons. The summed E-state index contributed by atoms with van der Waals surface area (Å²) in [6, 6.07) is 4.01. The lowest BCUT2D eigenvalue weighted by Crippen LogP contribution is -2.32. The molecular formula is C19H42N8. The fraction of sp³-hybridized carbons (Fsp3) is 0.684. The standard InChI is InChI=1S/C10H18N4.C9H24N4/c11-3-7-1-8(4-12)10(6-14)2-9(7)5-13;10-5-1-9(2-6-11,3-7-12)4-8-13/h1-2H,3-6,11-14H2;1-8,10-13H2. The van der Waals surface area contributed by atoms with Crippen molar-refractivity contribution >= 4 is 0 Å². The maximum absolute atomic E-state index is 5.61. The third-order valence-corrected chi connectivity index (χ3v) is 5.10. The number of nitrogens with two attached hydrogens (primary N) is 8. The Morgan fingerprint density at radius 3 is 0.815 bits per heavy atom. The minimum Gasteiger partial charge on any atom is -0.330 e. The molecule has 1 aromatic carbocycles. The van der Waals surface area contributed by atoms with Gasteiger partial charge in [-0.25, -0.2) is 0 Å². The monoisotopic (exact) mass is 382 g/mol. The van der Waals surface area contributed by atoms with Crippen LogP contribution in [0.2, 0.25) is 0 Å². The SMILES string of the molecule is NCCC(CCN)(CCN)CCN.NCc1cc(CN)c(CN)cc1CN. The van der Waals surface area contributed by atoms with Gasteiger partial charge in [0.15, 0.2) is 0 Å². The van der Waals surface area contributed by atoms with Crippen molar-refractivity contribution in [3.63, 3.8) is 0 Å². The highest BCUT2D eigenvalue weighted by Crippen LogP contribution is 2.32. The smallest absolute Gasteiger partial charge is 0.0181 e. The molecule has 0 aliphatic rings. The van der Waals surface area contributed by atoms with E-state index < -0.39 is 0 Å². The first kappa shape index (κ1) is 25.9. The van der Waals surface area contributed by atoms with Crippen LogP contribution < -0.4 is 45.9 Å². The van der Waals surface area contributed by atoms with E-state index in [1.54, 1.807) is 0 Å². The summed E-state index contributed by atoms with van der Waals surface area (Å²) in [4.78, 5) is 0. The van der Waals surface area contributed by atoms with Crippen LogP contribution in [0.25, 0.3) is 0 Å². The minimum absolute atomic E-state index is 0.201. The molecule has 0 unspecified atom stereocenters. The lowest BCUT2D eigenvalue weighted by molar-refractivity contribution is 0.215. The highest BCUT2D eigenvalue weighted by Gasteiger charge is 2.26. The first-order valence-corrected chi connectivity index (χ1v) is 9.75. The number of rotatable bonds is 12. The highest BCUT2D eigenvalue weighted by atomic mass is 14.6. The van der Waals surface area contributed by atoms with Crippen LogP contribution in [0.3, 0.4) is 0 Å². The van der Waals surface area contributed by atoms with Crippen molar-refractivity contribution in [2.45, 2.75) is 51.9 Å². The summed E-state index contributed by atoms with van der Waals surface area (Å²) < 4.78 is 0. The molecule has 16 N–H and O–H groups in total. The van der Waals surface area contributed by atoms with Crippen molar-refractivity contribution in [1.82, 2.24) is 0 Å². The van der Waals surface area contributed by atoms with Gasteiger partial charge in [0.1, 0.15) is 0 Å². The number of hydrogen-bond acceptors (Lipinski definition) is 8. The fourth-order valence-corrected chi connectivity index (χ4v) is 3.53. The Morgan fingerprint density at radius 1 is 0.444 bits per heavy atom. The van der Waals surface area contributed by atoms with Crippen molar-refractivity contribution in [3.05, 3.63) is 34.4 Å². The summed E-state index contributed by atoms with van der Waals surface area (Å²) in [5, 5.41) is 0. The molecule has 1 aromatic rings. The zero-order valence-corrected chi connectivity index (χ0v) is 16.8. The third-order valence-electron chi connectivity index (χ3n) is 5.10. The lowest BCUT2D eigenvalue weighted by Gasteiger charge is -2.32. The van der Waals surface area contributed by atoms with Crippen LogP contribution in [0.5, 0.6) is 0 Å². The molecule has 0 aliphatic heterocycles. The zero-order valence-electron chi connectivity index (χ0n) is 16.8. The number of benzene rings is 1. The molecule has 0 saturated heterocycles. The van der Waals surface area contributed by atoms with E-state index in [1.807, 2.05) is 12.1 Å². The summed E-state index contributed by atoms with van der Waals surface area (Å²) in [6.07, 6.45) is 3.94. The molecule has 0 atom stereocenters. The Morgan fingerprint density at radius 2 is 0.667 bits per heavy atom. The Balaban J connectivity index is 0.000000503. The average Bonchev–Trinajstić information content (AvgIpc) is 2.68. The maximum atomic E-state index is 5.61. The van der Waals surface area contributed by atoms with Crippen molar-refractivity contribution in [3.8, 4) is 0 Å². The van der Waals surface area contributed by atoms with Crippen molar-refractivity contribution in [1.29, 1.82) is 0 Å².